The zero-order valence-corrected chi connectivity index (χ0v) is 11.8. The van der Waals surface area contributed by atoms with Crippen LogP contribution in [0.1, 0.15) is 18.9 Å². The summed E-state index contributed by atoms with van der Waals surface area (Å²) < 4.78 is 39.7. The maximum absolute atomic E-state index is 12.0. The van der Waals surface area contributed by atoms with Gasteiger partial charge in [-0.15, -0.1) is 13.2 Å². The van der Waals surface area contributed by atoms with Crippen molar-refractivity contribution in [2.24, 2.45) is 0 Å². The summed E-state index contributed by atoms with van der Waals surface area (Å²) in [5.74, 6) is 0.902. The second kappa shape index (κ2) is 7.65. The average molecular weight is 293 g/mol. The molecule has 0 saturated carbocycles. The fraction of sp³-hybridized carbons (Fsp3) is 0.538. The van der Waals surface area contributed by atoms with Crippen LogP contribution < -0.4 is 10.1 Å². The fourth-order valence-electron chi connectivity index (χ4n) is 1.50. The summed E-state index contributed by atoms with van der Waals surface area (Å²) in [6, 6.07) is 6.32. The largest absolute Gasteiger partial charge is 0.573 e. The molecule has 0 aromatic heterocycles. The lowest BCUT2D eigenvalue weighted by Gasteiger charge is -2.13. The summed E-state index contributed by atoms with van der Waals surface area (Å²) in [4.78, 5) is 0. The Kier molecular flexibility index (Phi) is 6.51. The van der Waals surface area contributed by atoms with Crippen molar-refractivity contribution in [3.63, 3.8) is 0 Å². The number of hydrogen-bond donors (Lipinski definition) is 1. The molecule has 1 N–H and O–H groups in total. The van der Waals surface area contributed by atoms with Gasteiger partial charge in [0.05, 0.1) is 0 Å². The van der Waals surface area contributed by atoms with Crippen LogP contribution in [0.3, 0.4) is 0 Å². The van der Waals surface area contributed by atoms with Crippen LogP contribution in [-0.2, 0) is 6.54 Å². The molecule has 0 aliphatic rings. The molecule has 0 aliphatic carbocycles. The molecule has 0 aliphatic heterocycles. The van der Waals surface area contributed by atoms with Crippen LogP contribution in [-0.4, -0.2) is 24.4 Å². The van der Waals surface area contributed by atoms with Gasteiger partial charge in [-0.25, -0.2) is 0 Å². The van der Waals surface area contributed by atoms with Gasteiger partial charge >= 0.3 is 6.36 Å². The minimum absolute atomic E-state index is 0.188. The van der Waals surface area contributed by atoms with Crippen LogP contribution in [0, 0.1) is 0 Å². The molecule has 19 heavy (non-hydrogen) atoms. The number of nitrogens with one attached hydrogen (secondary N) is 1. The van der Waals surface area contributed by atoms with Gasteiger partial charge in [0.15, 0.2) is 0 Å². The molecular formula is C13H18F3NOS. The lowest BCUT2D eigenvalue weighted by Crippen LogP contribution is -2.25. The Morgan fingerprint density at radius 3 is 2.42 bits per heavy atom. The topological polar surface area (TPSA) is 21.3 Å². The van der Waals surface area contributed by atoms with E-state index < -0.39 is 6.36 Å². The number of hydrogen-bond acceptors (Lipinski definition) is 3. The highest BCUT2D eigenvalue weighted by Gasteiger charge is 2.30. The molecule has 1 aromatic rings. The molecule has 0 bridgehead atoms. The van der Waals surface area contributed by atoms with Crippen LogP contribution in [0.25, 0.3) is 0 Å². The fourth-order valence-corrected chi connectivity index (χ4v) is 2.09. The number of benzene rings is 1. The van der Waals surface area contributed by atoms with Gasteiger partial charge in [0.1, 0.15) is 5.75 Å². The number of thioether (sulfide) groups is 1. The van der Waals surface area contributed by atoms with Crippen molar-refractivity contribution in [1.82, 2.24) is 5.32 Å². The molecule has 2 nitrogen and oxygen atoms in total. The number of rotatable bonds is 7. The van der Waals surface area contributed by atoms with Gasteiger partial charge in [0.2, 0.25) is 0 Å². The van der Waals surface area contributed by atoms with Crippen LogP contribution in [0.2, 0.25) is 0 Å². The van der Waals surface area contributed by atoms with Crippen molar-refractivity contribution in [1.29, 1.82) is 0 Å². The predicted molar refractivity (Wildman–Crippen MR) is 72.4 cm³/mol. The first kappa shape index (κ1) is 16.2. The van der Waals surface area contributed by atoms with E-state index in [4.69, 9.17) is 0 Å². The minimum atomic E-state index is -4.63. The van der Waals surface area contributed by atoms with E-state index in [0.29, 0.717) is 12.6 Å². The smallest absolute Gasteiger partial charge is 0.406 e. The van der Waals surface area contributed by atoms with Crippen molar-refractivity contribution in [3.05, 3.63) is 29.8 Å². The lowest BCUT2D eigenvalue weighted by molar-refractivity contribution is -0.274. The van der Waals surface area contributed by atoms with E-state index in [9.17, 15) is 13.2 Å². The molecule has 6 heteroatoms. The lowest BCUT2D eigenvalue weighted by atomic mass is 10.2. The van der Waals surface area contributed by atoms with Crippen molar-refractivity contribution in [2.45, 2.75) is 32.3 Å². The molecule has 0 radical (unpaired) electrons. The van der Waals surface area contributed by atoms with Crippen LogP contribution in [0.15, 0.2) is 24.3 Å². The Bertz CT molecular complexity index is 367. The Morgan fingerprint density at radius 1 is 1.26 bits per heavy atom. The van der Waals surface area contributed by atoms with Gasteiger partial charge in [0, 0.05) is 12.6 Å². The van der Waals surface area contributed by atoms with E-state index >= 15 is 0 Å². The highest BCUT2D eigenvalue weighted by atomic mass is 32.2. The molecule has 0 saturated heterocycles. The Hall–Kier alpha value is -0.880. The first-order valence-corrected chi connectivity index (χ1v) is 7.37. The van der Waals surface area contributed by atoms with E-state index in [-0.39, 0.29) is 5.75 Å². The van der Waals surface area contributed by atoms with E-state index in [1.807, 2.05) is 0 Å². The molecule has 0 spiro atoms. The molecule has 0 fully saturated rings. The van der Waals surface area contributed by atoms with Crippen LogP contribution in [0.5, 0.6) is 5.75 Å². The number of halogens is 3. The summed E-state index contributed by atoms with van der Waals surface area (Å²) in [6.45, 7) is 2.74. The zero-order chi connectivity index (χ0) is 14.3. The van der Waals surface area contributed by atoms with Crippen molar-refractivity contribution in [3.8, 4) is 5.75 Å². The molecule has 1 rings (SSSR count). The summed E-state index contributed by atoms with van der Waals surface area (Å²) >= 11 is 1.80. The molecule has 108 valence electrons. The SMILES string of the molecule is CSCCC(C)NCc1ccc(OC(F)(F)F)cc1. The van der Waals surface area contributed by atoms with E-state index in [1.54, 1.807) is 23.9 Å². The van der Waals surface area contributed by atoms with Gasteiger partial charge in [0.25, 0.3) is 0 Å². The average Bonchev–Trinajstić information content (AvgIpc) is 2.33. The Morgan fingerprint density at radius 2 is 1.89 bits per heavy atom. The molecular weight excluding hydrogens is 275 g/mol. The first-order chi connectivity index (χ1) is 8.90. The maximum atomic E-state index is 12.0. The van der Waals surface area contributed by atoms with Crippen LogP contribution in [0.4, 0.5) is 13.2 Å². The van der Waals surface area contributed by atoms with Crippen LogP contribution >= 0.6 is 11.8 Å². The van der Waals surface area contributed by atoms with Gasteiger partial charge < -0.3 is 10.1 Å². The predicted octanol–water partition coefficient (Wildman–Crippen LogP) is 3.82. The van der Waals surface area contributed by atoms with Gasteiger partial charge in [-0.2, -0.15) is 11.8 Å². The normalized spacial score (nSPS) is 13.3. The first-order valence-electron chi connectivity index (χ1n) is 5.97. The Balaban J connectivity index is 2.40. The van der Waals surface area contributed by atoms with Gasteiger partial charge in [-0.1, -0.05) is 12.1 Å². The monoisotopic (exact) mass is 293 g/mol. The third kappa shape index (κ3) is 7.32. The molecule has 1 unspecified atom stereocenters. The summed E-state index contributed by atoms with van der Waals surface area (Å²) in [7, 11) is 0. The third-order valence-corrected chi connectivity index (χ3v) is 3.21. The van der Waals surface area contributed by atoms with Gasteiger partial charge in [-0.05, 0) is 43.0 Å². The molecule has 0 heterocycles. The maximum Gasteiger partial charge on any atom is 0.573 e. The second-order valence-corrected chi connectivity index (χ2v) is 5.24. The summed E-state index contributed by atoms with van der Waals surface area (Å²) in [6.07, 6.45) is -1.51. The van der Waals surface area contributed by atoms with Crippen molar-refractivity contribution >= 4 is 11.8 Å². The van der Waals surface area contributed by atoms with E-state index in [2.05, 4.69) is 23.2 Å². The molecule has 1 aromatic carbocycles. The third-order valence-electron chi connectivity index (χ3n) is 2.57. The van der Waals surface area contributed by atoms with E-state index in [1.165, 1.54) is 12.1 Å². The zero-order valence-electron chi connectivity index (χ0n) is 11.0. The number of ether oxygens (including phenoxy) is 1. The standard InChI is InChI=1S/C13H18F3NOS/c1-10(7-8-19-2)17-9-11-3-5-12(6-4-11)18-13(14,15)16/h3-6,10,17H,7-9H2,1-2H3. The molecule has 0 amide bonds. The van der Waals surface area contributed by atoms with Gasteiger partial charge in [-0.3, -0.25) is 0 Å². The Labute approximate surface area is 115 Å². The number of alkyl halides is 3. The highest BCUT2D eigenvalue weighted by Crippen LogP contribution is 2.22. The van der Waals surface area contributed by atoms with Crippen molar-refractivity contribution in [2.75, 3.05) is 12.0 Å². The second-order valence-electron chi connectivity index (χ2n) is 4.26. The van der Waals surface area contributed by atoms with Crippen molar-refractivity contribution < 1.29 is 17.9 Å². The quantitative estimate of drug-likeness (QED) is 0.826. The summed E-state index contributed by atoms with van der Waals surface area (Å²) in [5, 5.41) is 3.33. The highest BCUT2D eigenvalue weighted by molar-refractivity contribution is 7.98. The minimum Gasteiger partial charge on any atom is -0.406 e. The van der Waals surface area contributed by atoms with E-state index in [0.717, 1.165) is 17.7 Å². The summed E-state index contributed by atoms with van der Waals surface area (Å²) in [5.41, 5.74) is 0.936. The molecule has 1 atom stereocenters.